The van der Waals surface area contributed by atoms with Crippen LogP contribution in [0.15, 0.2) is 0 Å². The quantitative estimate of drug-likeness (QED) is 0.336. The normalized spacial score (nSPS) is 3.43. The van der Waals surface area contributed by atoms with Crippen LogP contribution in [-0.4, -0.2) is 16.4 Å². The molecule has 0 aromatic heterocycles. The van der Waals surface area contributed by atoms with Gasteiger partial charge in [0, 0.05) is 0 Å². The van der Waals surface area contributed by atoms with E-state index in [1.54, 1.807) is 0 Å². The van der Waals surface area contributed by atoms with Crippen molar-refractivity contribution in [3.8, 4) is 0 Å². The fourth-order valence-corrected chi connectivity index (χ4v) is 0. The second kappa shape index (κ2) is 15.9. The second-order valence-corrected chi connectivity index (χ2v) is 0.283. The van der Waals surface area contributed by atoms with Gasteiger partial charge in [-0.25, -0.2) is 4.79 Å². The van der Waals surface area contributed by atoms with Gasteiger partial charge >= 0.3 is 87.1 Å². The summed E-state index contributed by atoms with van der Waals surface area (Å²) in [5, 5.41) is 13.9. The monoisotopic (exact) mass is 254 g/mol. The Balaban J connectivity index is -0.00000000450. The first-order valence-corrected chi connectivity index (χ1v) is 0.651. The van der Waals surface area contributed by atoms with Crippen molar-refractivity contribution < 1.29 is 98.8 Å². The minimum atomic E-state index is -1.83. The molecule has 0 spiro atoms. The van der Waals surface area contributed by atoms with Crippen LogP contribution >= 0.6 is 24.0 Å². The third-order valence-electron chi connectivity index (χ3n) is 0. The topological polar surface area (TPSA) is 57.5 Å². The molecule has 6 heteroatoms. The molecule has 0 saturated heterocycles. The van der Waals surface area contributed by atoms with Crippen LogP contribution in [-0.2, 0) is 0 Å². The Morgan fingerprint density at radius 2 is 1.43 bits per heavy atom. The van der Waals surface area contributed by atoms with Gasteiger partial charge in [-0.1, -0.05) is 0 Å². The molecule has 0 aromatic rings. The van der Waals surface area contributed by atoms with Crippen molar-refractivity contribution in [2.75, 3.05) is 0 Å². The summed E-state index contributed by atoms with van der Waals surface area (Å²) in [6.45, 7) is 0. The molecule has 0 heterocycles. The molecule has 0 amide bonds. The van der Waals surface area contributed by atoms with Crippen molar-refractivity contribution in [1.29, 1.82) is 0 Å². The van der Waals surface area contributed by atoms with E-state index < -0.39 is 6.16 Å². The van der Waals surface area contributed by atoms with E-state index in [4.69, 9.17) is 15.0 Å². The zero-order valence-electron chi connectivity index (χ0n) is 6.21. The van der Waals surface area contributed by atoms with Crippen LogP contribution in [0.25, 0.3) is 0 Å². The summed E-state index contributed by atoms with van der Waals surface area (Å²) in [6, 6.07) is 0. The summed E-state index contributed by atoms with van der Waals surface area (Å²) in [5.74, 6) is 0. The minimum absolute atomic E-state index is 0. The van der Waals surface area contributed by atoms with E-state index >= 15 is 0 Å². The van der Waals surface area contributed by atoms with Gasteiger partial charge in [-0.2, -0.15) is 0 Å². The number of rotatable bonds is 0. The Kier molecular flexibility index (Phi) is 51.2. The molecular weight excluding hydrogens is 249 g/mol. The van der Waals surface area contributed by atoms with Crippen molar-refractivity contribution in [3.05, 3.63) is 0 Å². The van der Waals surface area contributed by atoms with Gasteiger partial charge < -0.3 is 13.1 Å². The van der Waals surface area contributed by atoms with Gasteiger partial charge in [0.25, 0.3) is 0 Å². The maximum atomic E-state index is 8.56. The predicted octanol–water partition coefficient (Wildman–Crippen LogP) is -4.93. The Hall–Kier alpha value is 2.64. The first-order chi connectivity index (χ1) is 1.73. The van der Waals surface area contributed by atoms with E-state index in [1.165, 1.54) is 0 Å². The van der Waals surface area contributed by atoms with Crippen molar-refractivity contribution >= 4 is 30.1 Å². The number of hydrogen-bond acceptors (Lipinski definition) is 1. The number of halogens is 1. The zero-order valence-corrected chi connectivity index (χ0v) is 11.7. The second-order valence-electron chi connectivity index (χ2n) is 0.283. The summed E-state index contributed by atoms with van der Waals surface area (Å²) in [7, 11) is 0. The first-order valence-electron chi connectivity index (χ1n) is 0.651. The van der Waals surface area contributed by atoms with Crippen molar-refractivity contribution in [1.82, 2.24) is 0 Å². The SMILES string of the molecule is I.O=C(O)O.[H-].[H-].[K+].[Na+]. The molecule has 3 nitrogen and oxygen atoms in total. The number of carbonyl (C=O) groups is 1. The van der Waals surface area contributed by atoms with Gasteiger partial charge in [-0.15, -0.1) is 24.0 Å². The maximum Gasteiger partial charge on any atom is 1.00 e. The molecule has 0 rings (SSSR count). The van der Waals surface area contributed by atoms with E-state index in [2.05, 4.69) is 0 Å². The van der Waals surface area contributed by atoms with Crippen molar-refractivity contribution in [2.45, 2.75) is 0 Å². The van der Waals surface area contributed by atoms with Crippen LogP contribution in [0.4, 0.5) is 4.79 Å². The van der Waals surface area contributed by atoms with Crippen LogP contribution in [0.5, 0.6) is 0 Å². The molecule has 0 aromatic carbocycles. The third-order valence-corrected chi connectivity index (χ3v) is 0. The first kappa shape index (κ1) is 22.6. The molecule has 0 saturated carbocycles. The number of hydrogen-bond donors (Lipinski definition) is 2. The van der Waals surface area contributed by atoms with Gasteiger partial charge in [0.1, 0.15) is 0 Å². The van der Waals surface area contributed by atoms with Crippen LogP contribution < -0.4 is 80.9 Å². The van der Waals surface area contributed by atoms with Gasteiger partial charge in [-0.05, 0) is 0 Å². The van der Waals surface area contributed by atoms with Gasteiger partial charge in [-0.3, -0.25) is 0 Å². The Labute approximate surface area is 126 Å². The predicted molar refractivity (Wildman–Crippen MR) is 28.3 cm³/mol. The molecule has 0 atom stereocenters. The molecule has 0 unspecified atom stereocenters. The van der Waals surface area contributed by atoms with E-state index in [1.807, 2.05) is 0 Å². The van der Waals surface area contributed by atoms with E-state index in [0.29, 0.717) is 0 Å². The number of carboxylic acid groups (broad SMARTS) is 2. The molecule has 0 radical (unpaired) electrons. The molecule has 36 valence electrons. The summed E-state index contributed by atoms with van der Waals surface area (Å²) >= 11 is 0. The fraction of sp³-hybridized carbons (Fsp3) is 0. The molecule has 0 bridgehead atoms. The van der Waals surface area contributed by atoms with Crippen LogP contribution in [0, 0.1) is 0 Å². The summed E-state index contributed by atoms with van der Waals surface area (Å²) in [4.78, 5) is 8.56. The third kappa shape index (κ3) is 54.7. The van der Waals surface area contributed by atoms with E-state index in [0.717, 1.165) is 0 Å². The van der Waals surface area contributed by atoms with Crippen LogP contribution in [0.1, 0.15) is 2.85 Å². The smallest absolute Gasteiger partial charge is 1.00 e. The van der Waals surface area contributed by atoms with Gasteiger partial charge in [0.05, 0.1) is 0 Å². The Bertz CT molecular complexity index is 44.8. The summed E-state index contributed by atoms with van der Waals surface area (Å²) in [5.41, 5.74) is 0. The zero-order chi connectivity index (χ0) is 3.58. The van der Waals surface area contributed by atoms with Crippen molar-refractivity contribution in [3.63, 3.8) is 0 Å². The summed E-state index contributed by atoms with van der Waals surface area (Å²) < 4.78 is 0. The van der Waals surface area contributed by atoms with Crippen molar-refractivity contribution in [2.24, 2.45) is 0 Å². The molecule has 0 fully saturated rings. The average molecular weight is 254 g/mol. The van der Waals surface area contributed by atoms with Crippen LogP contribution in [0.3, 0.4) is 0 Å². The largest absolute Gasteiger partial charge is 1.00 e. The van der Waals surface area contributed by atoms with E-state index in [9.17, 15) is 0 Å². The molecule has 0 aliphatic rings. The molecular formula is CH5IKNaO3. The van der Waals surface area contributed by atoms with E-state index in [-0.39, 0.29) is 108 Å². The average Bonchev–Trinajstić information content (AvgIpc) is 0.811. The van der Waals surface area contributed by atoms with Crippen LogP contribution in [0.2, 0.25) is 0 Å². The molecule has 2 N–H and O–H groups in total. The van der Waals surface area contributed by atoms with Gasteiger partial charge in [0.2, 0.25) is 0 Å². The Morgan fingerprint density at radius 3 is 1.43 bits per heavy atom. The molecule has 0 aliphatic carbocycles. The maximum absolute atomic E-state index is 8.56. The summed E-state index contributed by atoms with van der Waals surface area (Å²) in [6.07, 6.45) is -1.83. The molecule has 0 aliphatic heterocycles. The standard InChI is InChI=1S/CH2O3.HI.K.Na.2H/c2-1(3)4;;;;;/h(H2,2,3,4);1H;;;;/q;;2*+1;2*-1. The van der Waals surface area contributed by atoms with Gasteiger partial charge in [0.15, 0.2) is 0 Å². The molecule has 7 heavy (non-hydrogen) atoms. The minimum Gasteiger partial charge on any atom is -1.00 e. The Morgan fingerprint density at radius 1 is 1.43 bits per heavy atom. The fourth-order valence-electron chi connectivity index (χ4n) is 0.